The summed E-state index contributed by atoms with van der Waals surface area (Å²) in [6, 6.07) is 13.8. The van der Waals surface area contributed by atoms with Crippen molar-refractivity contribution in [3.63, 3.8) is 0 Å². The number of nitrogens with one attached hydrogen (secondary N) is 1. The average molecular weight is 354 g/mol. The number of benzene rings is 2. The first-order chi connectivity index (χ1) is 12.4. The first-order valence-corrected chi connectivity index (χ1v) is 8.23. The molecule has 2 aromatic carbocycles. The normalized spacial score (nSPS) is 10.1. The van der Waals surface area contributed by atoms with Crippen molar-refractivity contribution in [3.05, 3.63) is 54.1 Å². The van der Waals surface area contributed by atoms with Crippen LogP contribution in [0.1, 0.15) is 30.6 Å². The van der Waals surface area contributed by atoms with E-state index in [-0.39, 0.29) is 30.6 Å². The monoisotopic (exact) mass is 354 g/mol. The molecule has 0 radical (unpaired) electrons. The Bertz CT molecular complexity index is 800. The molecule has 0 bridgehead atoms. The summed E-state index contributed by atoms with van der Waals surface area (Å²) in [6.07, 6.45) is 0.144. The number of ketones is 1. The standard InChI is InChI=1S/C20H22N2O4/c1-14(23)16-7-9-18(10-8-16)22(15(2)24)12-11-20(25)21-17-5-4-6-19(13-17)26-3/h4-10,13H,11-12H2,1-3H3,(H,21,25). The molecule has 0 spiro atoms. The molecule has 0 aromatic heterocycles. The van der Waals surface area contributed by atoms with Crippen LogP contribution in [0.2, 0.25) is 0 Å². The summed E-state index contributed by atoms with van der Waals surface area (Å²) in [5.74, 6) is 0.238. The molecule has 6 heteroatoms. The molecule has 0 heterocycles. The Morgan fingerprint density at radius 2 is 1.73 bits per heavy atom. The Kier molecular flexibility index (Phi) is 6.49. The highest BCUT2D eigenvalue weighted by Crippen LogP contribution is 2.18. The number of hydrogen-bond donors (Lipinski definition) is 1. The van der Waals surface area contributed by atoms with Crippen LogP contribution >= 0.6 is 0 Å². The first kappa shape index (κ1) is 19.2. The van der Waals surface area contributed by atoms with Crippen molar-refractivity contribution in [1.29, 1.82) is 0 Å². The lowest BCUT2D eigenvalue weighted by molar-refractivity contribution is -0.117. The zero-order valence-corrected chi connectivity index (χ0v) is 15.1. The van der Waals surface area contributed by atoms with E-state index in [4.69, 9.17) is 4.74 Å². The Labute approximate surface area is 152 Å². The molecule has 0 aliphatic heterocycles. The van der Waals surface area contributed by atoms with Gasteiger partial charge in [-0.15, -0.1) is 0 Å². The van der Waals surface area contributed by atoms with Crippen LogP contribution in [-0.4, -0.2) is 31.3 Å². The number of amides is 2. The Balaban J connectivity index is 2.00. The first-order valence-electron chi connectivity index (χ1n) is 8.23. The van der Waals surface area contributed by atoms with Gasteiger partial charge in [0, 0.05) is 42.9 Å². The molecule has 0 fully saturated rings. The molecule has 1 N–H and O–H groups in total. The highest BCUT2D eigenvalue weighted by molar-refractivity contribution is 5.97. The van der Waals surface area contributed by atoms with Gasteiger partial charge in [0.15, 0.2) is 5.78 Å². The van der Waals surface area contributed by atoms with E-state index in [1.54, 1.807) is 55.6 Å². The molecule has 2 amide bonds. The Morgan fingerprint density at radius 3 is 2.31 bits per heavy atom. The summed E-state index contributed by atoms with van der Waals surface area (Å²) in [5.41, 5.74) is 1.86. The van der Waals surface area contributed by atoms with Crippen molar-refractivity contribution < 1.29 is 19.1 Å². The predicted octanol–water partition coefficient (Wildman–Crippen LogP) is 3.28. The minimum absolute atomic E-state index is 0.0383. The van der Waals surface area contributed by atoms with Crippen LogP contribution in [0.4, 0.5) is 11.4 Å². The number of nitrogens with zero attached hydrogens (tertiary/aromatic N) is 1. The van der Waals surface area contributed by atoms with E-state index in [1.807, 2.05) is 0 Å². The van der Waals surface area contributed by atoms with Crippen molar-refractivity contribution >= 4 is 29.0 Å². The number of carbonyl (C=O) groups is 3. The van der Waals surface area contributed by atoms with Gasteiger partial charge in [-0.05, 0) is 43.3 Å². The van der Waals surface area contributed by atoms with Gasteiger partial charge < -0.3 is 15.0 Å². The fourth-order valence-electron chi connectivity index (χ4n) is 2.48. The molecule has 136 valence electrons. The molecule has 2 rings (SSSR count). The maximum Gasteiger partial charge on any atom is 0.226 e. The van der Waals surface area contributed by atoms with E-state index in [1.165, 1.54) is 18.7 Å². The molecule has 0 unspecified atom stereocenters. The molecule has 0 saturated carbocycles. The van der Waals surface area contributed by atoms with Gasteiger partial charge in [0.1, 0.15) is 5.75 Å². The van der Waals surface area contributed by atoms with Crippen molar-refractivity contribution in [2.75, 3.05) is 23.9 Å². The van der Waals surface area contributed by atoms with E-state index in [0.717, 1.165) is 0 Å². The van der Waals surface area contributed by atoms with Crippen LogP contribution in [0.3, 0.4) is 0 Å². The summed E-state index contributed by atoms with van der Waals surface area (Å²) in [4.78, 5) is 37.0. The number of ether oxygens (including phenoxy) is 1. The van der Waals surface area contributed by atoms with Gasteiger partial charge in [0.2, 0.25) is 11.8 Å². The van der Waals surface area contributed by atoms with Crippen LogP contribution in [0.25, 0.3) is 0 Å². The van der Waals surface area contributed by atoms with Crippen molar-refractivity contribution in [2.24, 2.45) is 0 Å². The molecular weight excluding hydrogens is 332 g/mol. The second kappa shape index (κ2) is 8.80. The molecule has 0 saturated heterocycles. The van der Waals surface area contributed by atoms with E-state index >= 15 is 0 Å². The molecule has 0 aliphatic carbocycles. The topological polar surface area (TPSA) is 75.7 Å². The van der Waals surface area contributed by atoms with Gasteiger partial charge in [0.05, 0.1) is 7.11 Å². The van der Waals surface area contributed by atoms with Crippen molar-refractivity contribution in [1.82, 2.24) is 0 Å². The zero-order valence-electron chi connectivity index (χ0n) is 15.1. The highest BCUT2D eigenvalue weighted by Gasteiger charge is 2.14. The third-order valence-electron chi connectivity index (χ3n) is 3.88. The van der Waals surface area contributed by atoms with Gasteiger partial charge in [-0.25, -0.2) is 0 Å². The van der Waals surface area contributed by atoms with Crippen molar-refractivity contribution in [3.8, 4) is 5.75 Å². The fraction of sp³-hybridized carbons (Fsp3) is 0.250. The third-order valence-corrected chi connectivity index (χ3v) is 3.88. The second-order valence-corrected chi connectivity index (χ2v) is 5.80. The molecular formula is C20H22N2O4. The van der Waals surface area contributed by atoms with Crippen molar-refractivity contribution in [2.45, 2.75) is 20.3 Å². The van der Waals surface area contributed by atoms with E-state index in [0.29, 0.717) is 22.7 Å². The van der Waals surface area contributed by atoms with E-state index in [2.05, 4.69) is 5.32 Å². The van der Waals surface area contributed by atoms with Gasteiger partial charge in [-0.3, -0.25) is 14.4 Å². The molecule has 6 nitrogen and oxygen atoms in total. The average Bonchev–Trinajstić information content (AvgIpc) is 2.62. The maximum absolute atomic E-state index is 12.2. The van der Waals surface area contributed by atoms with E-state index in [9.17, 15) is 14.4 Å². The number of rotatable bonds is 7. The maximum atomic E-state index is 12.2. The van der Waals surface area contributed by atoms with Crippen LogP contribution < -0.4 is 15.0 Å². The Hall–Kier alpha value is -3.15. The predicted molar refractivity (Wildman–Crippen MR) is 101 cm³/mol. The quantitative estimate of drug-likeness (QED) is 0.774. The van der Waals surface area contributed by atoms with Crippen LogP contribution in [0.15, 0.2) is 48.5 Å². The highest BCUT2D eigenvalue weighted by atomic mass is 16.5. The summed E-state index contributed by atoms with van der Waals surface area (Å²) < 4.78 is 5.12. The minimum Gasteiger partial charge on any atom is -0.497 e. The summed E-state index contributed by atoms with van der Waals surface area (Å²) in [7, 11) is 1.56. The van der Waals surface area contributed by atoms with Gasteiger partial charge in [0.25, 0.3) is 0 Å². The van der Waals surface area contributed by atoms with Crippen LogP contribution in [0.5, 0.6) is 5.75 Å². The summed E-state index contributed by atoms with van der Waals surface area (Å²) in [5, 5.41) is 2.78. The SMILES string of the molecule is COc1cccc(NC(=O)CCN(C(C)=O)c2ccc(C(C)=O)cc2)c1. The molecule has 0 aliphatic rings. The third kappa shape index (κ3) is 5.17. The molecule has 0 atom stereocenters. The summed E-state index contributed by atoms with van der Waals surface area (Å²) in [6.45, 7) is 3.17. The smallest absolute Gasteiger partial charge is 0.226 e. The van der Waals surface area contributed by atoms with E-state index < -0.39 is 0 Å². The van der Waals surface area contributed by atoms with Gasteiger partial charge in [-0.2, -0.15) is 0 Å². The lowest BCUT2D eigenvalue weighted by Crippen LogP contribution is -2.32. The van der Waals surface area contributed by atoms with Gasteiger partial charge >= 0.3 is 0 Å². The number of anilines is 2. The van der Waals surface area contributed by atoms with Crippen LogP contribution in [-0.2, 0) is 9.59 Å². The molecule has 26 heavy (non-hydrogen) atoms. The number of Topliss-reactive ketones (excluding diaryl/α,β-unsaturated/α-hetero) is 1. The fourth-order valence-corrected chi connectivity index (χ4v) is 2.48. The zero-order chi connectivity index (χ0) is 19.1. The number of carbonyl (C=O) groups excluding carboxylic acids is 3. The molecule has 2 aromatic rings. The second-order valence-electron chi connectivity index (χ2n) is 5.80. The van der Waals surface area contributed by atoms with Crippen LogP contribution in [0, 0.1) is 0 Å². The Morgan fingerprint density at radius 1 is 1.04 bits per heavy atom. The number of methoxy groups -OCH3 is 1. The largest absolute Gasteiger partial charge is 0.497 e. The summed E-state index contributed by atoms with van der Waals surface area (Å²) >= 11 is 0. The lowest BCUT2D eigenvalue weighted by atomic mass is 10.1. The minimum atomic E-state index is -0.204. The number of hydrogen-bond acceptors (Lipinski definition) is 4. The lowest BCUT2D eigenvalue weighted by Gasteiger charge is -2.21. The van der Waals surface area contributed by atoms with Gasteiger partial charge in [-0.1, -0.05) is 6.07 Å².